The number of benzene rings is 2. The first-order chi connectivity index (χ1) is 15.0. The van der Waals surface area contributed by atoms with Gasteiger partial charge in [0.2, 0.25) is 0 Å². The lowest BCUT2D eigenvalue weighted by atomic mass is 10.0. The summed E-state index contributed by atoms with van der Waals surface area (Å²) in [6.45, 7) is 2.78. The molecule has 0 bridgehead atoms. The number of carbonyl (C=O) groups excluding carboxylic acids is 1. The van der Waals surface area contributed by atoms with Gasteiger partial charge < -0.3 is 10.1 Å². The van der Waals surface area contributed by atoms with Gasteiger partial charge in [-0.05, 0) is 30.7 Å². The van der Waals surface area contributed by atoms with Crippen LogP contribution in [0.3, 0.4) is 0 Å². The lowest BCUT2D eigenvalue weighted by Gasteiger charge is -2.33. The van der Waals surface area contributed by atoms with Crippen LogP contribution in [0.5, 0.6) is 0 Å². The number of aryl methyl sites for hydroxylation is 1. The minimum absolute atomic E-state index is 0.00526. The smallest absolute Gasteiger partial charge is 0.290 e. The van der Waals surface area contributed by atoms with Gasteiger partial charge in [-0.3, -0.25) is 14.9 Å². The zero-order chi connectivity index (χ0) is 22.0. The fourth-order valence-electron chi connectivity index (χ4n) is 3.90. The molecule has 31 heavy (non-hydrogen) atoms. The molecule has 0 unspecified atom stereocenters. The number of hydrogen-bond donors (Lipinski definition) is 1. The number of nitro groups is 1. The highest BCUT2D eigenvalue weighted by Gasteiger charge is 2.41. The summed E-state index contributed by atoms with van der Waals surface area (Å²) in [7, 11) is 1.60. The second-order valence-corrected chi connectivity index (χ2v) is 7.47. The average Bonchev–Trinajstić information content (AvgIpc) is 2.76. The van der Waals surface area contributed by atoms with Gasteiger partial charge in [0.25, 0.3) is 17.4 Å². The monoisotopic (exact) mass is 419 g/mol. The minimum atomic E-state index is -0.491. The van der Waals surface area contributed by atoms with Crippen molar-refractivity contribution in [3.63, 3.8) is 0 Å². The average molecular weight is 419 g/mol. The number of carbonyl (C=O) groups is 1. The maximum atomic E-state index is 13.1. The lowest BCUT2D eigenvalue weighted by Crippen LogP contribution is -2.49. The maximum absolute atomic E-state index is 13.1. The molecule has 0 fully saturated rings. The minimum Gasteiger partial charge on any atom is -0.380 e. The quantitative estimate of drug-likeness (QED) is 0.488. The number of fused-ring (bicyclic) bond motifs is 1. The predicted molar refractivity (Wildman–Crippen MR) is 114 cm³/mol. The number of aromatic nitrogens is 1. The molecule has 2 aromatic carbocycles. The lowest BCUT2D eigenvalue weighted by molar-refractivity contribution is -0.384. The van der Waals surface area contributed by atoms with E-state index in [0.717, 1.165) is 22.4 Å². The van der Waals surface area contributed by atoms with E-state index in [0.29, 0.717) is 24.5 Å². The molecule has 0 spiro atoms. The summed E-state index contributed by atoms with van der Waals surface area (Å²) in [6, 6.07) is 18.1. The molecule has 8 nitrogen and oxygen atoms in total. The molecule has 3 aromatic rings. The van der Waals surface area contributed by atoms with Crippen LogP contribution in [0, 0.1) is 17.0 Å². The zero-order valence-corrected chi connectivity index (χ0v) is 17.3. The fraction of sp³-hybridized carbons (Fsp3) is 0.217. The zero-order valence-electron chi connectivity index (χ0n) is 17.3. The molecule has 158 valence electrons. The number of nitro benzene ring substituents is 1. The van der Waals surface area contributed by atoms with Crippen LogP contribution in [0.1, 0.15) is 38.9 Å². The summed E-state index contributed by atoms with van der Waals surface area (Å²) in [5.41, 5.74) is 4.07. The van der Waals surface area contributed by atoms with Gasteiger partial charge in [0.15, 0.2) is 6.17 Å². The number of rotatable bonds is 6. The van der Waals surface area contributed by atoms with Gasteiger partial charge in [-0.25, -0.2) is 9.88 Å². The van der Waals surface area contributed by atoms with Crippen molar-refractivity contribution in [2.75, 3.05) is 12.0 Å². The number of anilines is 1. The highest BCUT2D eigenvalue weighted by Crippen LogP contribution is 2.34. The Morgan fingerprint density at radius 1 is 1.16 bits per heavy atom. The van der Waals surface area contributed by atoms with Crippen molar-refractivity contribution < 1.29 is 19.4 Å². The molecule has 2 N–H and O–H groups in total. The van der Waals surface area contributed by atoms with Crippen LogP contribution in [-0.4, -0.2) is 17.9 Å². The first-order valence-corrected chi connectivity index (χ1v) is 9.88. The van der Waals surface area contributed by atoms with Gasteiger partial charge in [0.1, 0.15) is 12.1 Å². The summed E-state index contributed by atoms with van der Waals surface area (Å²) in [4.78, 5) is 29.2. The van der Waals surface area contributed by atoms with Crippen molar-refractivity contribution in [2.45, 2.75) is 26.2 Å². The third kappa shape index (κ3) is 4.10. The fourth-order valence-corrected chi connectivity index (χ4v) is 3.90. The highest BCUT2D eigenvalue weighted by atomic mass is 16.6. The van der Waals surface area contributed by atoms with Crippen LogP contribution >= 0.6 is 0 Å². The number of pyridine rings is 1. The number of nitrogens with zero attached hydrogens (tertiary/aromatic N) is 2. The topological polar surface area (TPSA) is 98.8 Å². The van der Waals surface area contributed by atoms with E-state index >= 15 is 0 Å². The van der Waals surface area contributed by atoms with Crippen molar-refractivity contribution in [1.82, 2.24) is 5.32 Å². The Morgan fingerprint density at radius 3 is 2.52 bits per heavy atom. The van der Waals surface area contributed by atoms with Crippen molar-refractivity contribution in [3.05, 3.63) is 98.7 Å². The molecule has 0 radical (unpaired) electrons. The molecule has 1 aliphatic heterocycles. The molecule has 1 aromatic heterocycles. The van der Waals surface area contributed by atoms with E-state index in [1.54, 1.807) is 19.2 Å². The van der Waals surface area contributed by atoms with Gasteiger partial charge >= 0.3 is 0 Å². The van der Waals surface area contributed by atoms with Gasteiger partial charge in [-0.2, -0.15) is 0 Å². The Hall–Kier alpha value is -3.78. The van der Waals surface area contributed by atoms with Crippen LogP contribution in [0.15, 0.2) is 60.7 Å². The number of non-ortho nitro benzene ring substituents is 1. The Bertz CT molecular complexity index is 1120. The first-order valence-electron chi connectivity index (χ1n) is 9.88. The normalized spacial score (nSPS) is 15.4. The van der Waals surface area contributed by atoms with Crippen LogP contribution in [0.25, 0.3) is 0 Å². The molecule has 1 atom stereocenters. The van der Waals surface area contributed by atoms with Gasteiger partial charge in [-0.15, -0.1) is 0 Å². The number of aromatic amines is 1. The van der Waals surface area contributed by atoms with E-state index in [1.165, 1.54) is 12.1 Å². The van der Waals surface area contributed by atoms with E-state index in [4.69, 9.17) is 4.74 Å². The largest absolute Gasteiger partial charge is 0.380 e. The molecule has 1 amide bonds. The molecular weight excluding hydrogens is 396 g/mol. The number of nitrogens with one attached hydrogen (secondary N) is 2. The number of hydrogen-bond acceptors (Lipinski definition) is 5. The van der Waals surface area contributed by atoms with Crippen LogP contribution < -0.4 is 15.2 Å². The van der Waals surface area contributed by atoms with Gasteiger partial charge in [0.05, 0.1) is 17.2 Å². The third-order valence-corrected chi connectivity index (χ3v) is 5.27. The summed E-state index contributed by atoms with van der Waals surface area (Å²) >= 11 is 0. The Balaban J connectivity index is 1.83. The number of ether oxygens (including phenoxy) is 1. The molecule has 0 saturated carbocycles. The van der Waals surface area contributed by atoms with E-state index in [-0.39, 0.29) is 11.6 Å². The molecule has 1 aliphatic rings. The standard InChI is InChI=1S/C23H22N4O4/c1-15-12-18(14-31-2)20-22(24-15)26(13-16-6-4-3-5-7-16)21(25-23(20)28)17-8-10-19(11-9-17)27(29)30/h3-12,21H,13-14H2,1-2H3,(H,25,28)/p+1/t21-/m1/s1. The number of amides is 1. The second kappa shape index (κ2) is 8.53. The van der Waals surface area contributed by atoms with Crippen molar-refractivity contribution >= 4 is 17.4 Å². The Morgan fingerprint density at radius 2 is 1.87 bits per heavy atom. The third-order valence-electron chi connectivity index (χ3n) is 5.27. The first kappa shape index (κ1) is 20.5. The van der Waals surface area contributed by atoms with E-state index in [1.807, 2.05) is 43.3 Å². The van der Waals surface area contributed by atoms with Crippen LogP contribution in [-0.2, 0) is 17.9 Å². The summed E-state index contributed by atoms with van der Waals surface area (Å²) in [5, 5.41) is 14.1. The van der Waals surface area contributed by atoms with Crippen LogP contribution in [0.2, 0.25) is 0 Å². The Kier molecular flexibility index (Phi) is 5.64. The van der Waals surface area contributed by atoms with Gasteiger partial charge in [0, 0.05) is 30.4 Å². The maximum Gasteiger partial charge on any atom is 0.290 e. The van der Waals surface area contributed by atoms with Crippen LogP contribution in [0.4, 0.5) is 11.5 Å². The summed E-state index contributed by atoms with van der Waals surface area (Å²) in [6.07, 6.45) is -0.491. The molecule has 2 heterocycles. The number of H-pyrrole nitrogens is 1. The van der Waals surface area contributed by atoms with Gasteiger partial charge in [-0.1, -0.05) is 30.3 Å². The van der Waals surface area contributed by atoms with E-state index in [2.05, 4.69) is 15.2 Å². The molecular formula is C23H23N4O4+. The molecule has 0 aliphatic carbocycles. The van der Waals surface area contributed by atoms with E-state index < -0.39 is 11.1 Å². The Labute approximate surface area is 179 Å². The van der Waals surface area contributed by atoms with Crippen molar-refractivity contribution in [1.29, 1.82) is 0 Å². The second-order valence-electron chi connectivity index (χ2n) is 7.47. The summed E-state index contributed by atoms with van der Waals surface area (Å²) in [5.74, 6) is 0.481. The molecule has 4 rings (SSSR count). The molecule has 8 heteroatoms. The summed E-state index contributed by atoms with van der Waals surface area (Å²) < 4.78 is 5.32. The van der Waals surface area contributed by atoms with Crippen molar-refractivity contribution in [3.8, 4) is 0 Å². The predicted octanol–water partition coefficient (Wildman–Crippen LogP) is 3.31. The van der Waals surface area contributed by atoms with E-state index in [9.17, 15) is 14.9 Å². The molecule has 0 saturated heterocycles. The van der Waals surface area contributed by atoms with Crippen molar-refractivity contribution in [2.24, 2.45) is 0 Å². The number of methoxy groups -OCH3 is 1. The highest BCUT2D eigenvalue weighted by molar-refractivity contribution is 6.01. The SMILES string of the molecule is COCc1cc(C)[nH+]c2c1C(=O)N[C@@H](c1ccc([N+](=O)[O-])cc1)N2Cc1ccccc1.